The zero-order valence-electron chi connectivity index (χ0n) is 16.9. The van der Waals surface area contributed by atoms with Crippen LogP contribution in [0.4, 0.5) is 0 Å². The topological polar surface area (TPSA) is 96.7 Å². The molecule has 2 heterocycles. The number of nitrogens with one attached hydrogen (secondary N) is 1. The zero-order chi connectivity index (χ0) is 21.8. The third-order valence-corrected chi connectivity index (χ3v) is 5.75. The van der Waals surface area contributed by atoms with Crippen LogP contribution in [0, 0.1) is 0 Å². The van der Waals surface area contributed by atoms with E-state index >= 15 is 0 Å². The number of carbonyl (C=O) groups excluding carboxylic acids is 1. The molecule has 7 nitrogen and oxygen atoms in total. The van der Waals surface area contributed by atoms with Crippen molar-refractivity contribution in [2.24, 2.45) is 0 Å². The number of unbranched alkanes of at least 4 members (excludes halogenated alkanes) is 1. The summed E-state index contributed by atoms with van der Waals surface area (Å²) in [5, 5.41) is 14.7. The number of aromatic nitrogens is 3. The number of esters is 1. The number of rotatable bonds is 7. The Labute approximate surface area is 182 Å². The lowest BCUT2D eigenvalue weighted by Crippen LogP contribution is -2.22. The monoisotopic (exact) mass is 435 g/mol. The van der Waals surface area contributed by atoms with E-state index in [0.717, 1.165) is 26.3 Å². The molecular weight excluding hydrogens is 414 g/mol. The van der Waals surface area contributed by atoms with E-state index in [1.165, 1.54) is 6.20 Å². The lowest BCUT2D eigenvalue weighted by atomic mass is 10.1. The quantitative estimate of drug-likeness (QED) is 0.328. The Kier molecular flexibility index (Phi) is 6.08. The van der Waals surface area contributed by atoms with E-state index in [1.54, 1.807) is 11.8 Å². The van der Waals surface area contributed by atoms with Crippen LogP contribution in [0.2, 0.25) is 0 Å². The first-order valence-corrected chi connectivity index (χ1v) is 10.7. The maximum absolute atomic E-state index is 12.5. The van der Waals surface area contributed by atoms with Gasteiger partial charge < -0.3 is 14.8 Å². The molecule has 0 saturated heterocycles. The molecular formula is C23H21N3O4S. The highest BCUT2D eigenvalue weighted by Gasteiger charge is 2.23. The number of hydrogen-bond acceptors (Lipinski definition) is 6. The number of nitrogens with zero attached hydrogens (tertiary/aromatic N) is 2. The summed E-state index contributed by atoms with van der Waals surface area (Å²) in [6.45, 7) is 2.15. The van der Waals surface area contributed by atoms with Gasteiger partial charge in [0.25, 0.3) is 5.56 Å². The Hall–Kier alpha value is -3.52. The van der Waals surface area contributed by atoms with Crippen LogP contribution < -0.4 is 5.56 Å². The first-order chi connectivity index (χ1) is 15.1. The van der Waals surface area contributed by atoms with Gasteiger partial charge in [-0.15, -0.1) is 0 Å². The van der Waals surface area contributed by atoms with Crippen LogP contribution in [0.5, 0.6) is 5.88 Å². The van der Waals surface area contributed by atoms with Gasteiger partial charge in [0.2, 0.25) is 5.88 Å². The Morgan fingerprint density at radius 2 is 1.84 bits per heavy atom. The Morgan fingerprint density at radius 3 is 2.55 bits per heavy atom. The summed E-state index contributed by atoms with van der Waals surface area (Å²) >= 11 is 1.65. The summed E-state index contributed by atoms with van der Waals surface area (Å²) in [5.41, 5.74) is 0.587. The van der Waals surface area contributed by atoms with Gasteiger partial charge in [0, 0.05) is 15.4 Å². The Morgan fingerprint density at radius 1 is 1.13 bits per heavy atom. The van der Waals surface area contributed by atoms with E-state index < -0.39 is 23.0 Å². The van der Waals surface area contributed by atoms with Crippen molar-refractivity contribution >= 4 is 23.4 Å². The van der Waals surface area contributed by atoms with E-state index in [9.17, 15) is 14.7 Å². The minimum absolute atomic E-state index is 0.184. The van der Waals surface area contributed by atoms with E-state index in [0.29, 0.717) is 17.6 Å². The first kappa shape index (κ1) is 20.7. The predicted octanol–water partition coefficient (Wildman–Crippen LogP) is 4.50. The predicted molar refractivity (Wildman–Crippen MR) is 119 cm³/mol. The number of aromatic amines is 1. The molecule has 0 bridgehead atoms. The SMILES string of the molecule is CCCCOC(=O)c1c(O)n2ncc(-c3ccc(Sc4ccccc4)cc3)c2[nH]c1=O. The van der Waals surface area contributed by atoms with Gasteiger partial charge in [0.15, 0.2) is 5.56 Å². The van der Waals surface area contributed by atoms with Crippen LogP contribution in [0.1, 0.15) is 30.1 Å². The molecule has 0 aliphatic rings. The van der Waals surface area contributed by atoms with Crippen molar-refractivity contribution in [3.63, 3.8) is 0 Å². The third-order valence-electron chi connectivity index (χ3n) is 4.73. The van der Waals surface area contributed by atoms with Crippen molar-refractivity contribution in [3.05, 3.63) is 76.7 Å². The maximum Gasteiger partial charge on any atom is 0.349 e. The number of benzene rings is 2. The molecule has 31 heavy (non-hydrogen) atoms. The van der Waals surface area contributed by atoms with E-state index in [4.69, 9.17) is 4.74 Å². The zero-order valence-corrected chi connectivity index (χ0v) is 17.7. The van der Waals surface area contributed by atoms with Crippen LogP contribution in [0.15, 0.2) is 75.4 Å². The van der Waals surface area contributed by atoms with Crippen LogP contribution in [-0.2, 0) is 4.74 Å². The molecule has 2 aromatic heterocycles. The third kappa shape index (κ3) is 4.34. The molecule has 0 aliphatic carbocycles. The number of carbonyl (C=O) groups is 1. The number of hydrogen-bond donors (Lipinski definition) is 2. The van der Waals surface area contributed by atoms with Gasteiger partial charge in [-0.3, -0.25) is 4.79 Å². The highest BCUT2D eigenvalue weighted by atomic mass is 32.2. The average Bonchev–Trinajstić information content (AvgIpc) is 3.19. The van der Waals surface area contributed by atoms with Gasteiger partial charge in [-0.05, 0) is 36.2 Å². The van der Waals surface area contributed by atoms with Gasteiger partial charge in [-0.25, -0.2) is 4.79 Å². The van der Waals surface area contributed by atoms with Gasteiger partial charge in [0.05, 0.1) is 12.8 Å². The Balaban J connectivity index is 1.63. The lowest BCUT2D eigenvalue weighted by Gasteiger charge is -2.07. The molecule has 0 spiro atoms. The van der Waals surface area contributed by atoms with Crippen molar-refractivity contribution in [2.75, 3.05) is 6.61 Å². The summed E-state index contributed by atoms with van der Waals surface area (Å²) in [5.74, 6) is -1.41. The Bertz CT molecular complexity index is 1260. The molecule has 4 aromatic rings. The molecule has 0 unspecified atom stereocenters. The minimum atomic E-state index is -0.867. The average molecular weight is 436 g/mol. The van der Waals surface area contributed by atoms with Crippen molar-refractivity contribution < 1.29 is 14.6 Å². The molecule has 0 radical (unpaired) electrons. The fourth-order valence-electron chi connectivity index (χ4n) is 3.11. The number of aromatic hydroxyl groups is 1. The lowest BCUT2D eigenvalue weighted by molar-refractivity contribution is 0.0493. The van der Waals surface area contributed by atoms with Crippen LogP contribution in [-0.4, -0.2) is 32.3 Å². The largest absolute Gasteiger partial charge is 0.492 e. The van der Waals surface area contributed by atoms with Gasteiger partial charge in [-0.2, -0.15) is 9.61 Å². The maximum atomic E-state index is 12.5. The van der Waals surface area contributed by atoms with Crippen LogP contribution in [0.25, 0.3) is 16.8 Å². The fourth-order valence-corrected chi connectivity index (χ4v) is 3.95. The summed E-state index contributed by atoms with van der Waals surface area (Å²) in [7, 11) is 0. The molecule has 0 fully saturated rings. The van der Waals surface area contributed by atoms with Gasteiger partial charge in [0.1, 0.15) is 5.65 Å². The van der Waals surface area contributed by atoms with Crippen LogP contribution in [0.3, 0.4) is 0 Å². The molecule has 0 atom stereocenters. The highest BCUT2D eigenvalue weighted by Crippen LogP contribution is 2.31. The van der Waals surface area contributed by atoms with Crippen LogP contribution >= 0.6 is 11.8 Å². The number of fused-ring (bicyclic) bond motifs is 1. The second-order valence-corrected chi connectivity index (χ2v) is 8.05. The van der Waals surface area contributed by atoms with Crippen molar-refractivity contribution in [1.82, 2.24) is 14.6 Å². The van der Waals surface area contributed by atoms with E-state index in [2.05, 4.69) is 10.1 Å². The van der Waals surface area contributed by atoms with Gasteiger partial charge in [-0.1, -0.05) is 55.4 Å². The normalized spacial score (nSPS) is 11.0. The summed E-state index contributed by atoms with van der Waals surface area (Å²) in [6.07, 6.45) is 3.06. The number of ether oxygens (including phenoxy) is 1. The highest BCUT2D eigenvalue weighted by molar-refractivity contribution is 7.99. The summed E-state index contributed by atoms with van der Waals surface area (Å²) in [4.78, 5) is 29.6. The molecule has 4 rings (SSSR count). The molecule has 158 valence electrons. The first-order valence-electron chi connectivity index (χ1n) is 9.92. The molecule has 8 heteroatoms. The van der Waals surface area contributed by atoms with Gasteiger partial charge >= 0.3 is 5.97 Å². The molecule has 2 aromatic carbocycles. The van der Waals surface area contributed by atoms with Crippen molar-refractivity contribution in [1.29, 1.82) is 0 Å². The molecule has 2 N–H and O–H groups in total. The van der Waals surface area contributed by atoms with Crippen molar-refractivity contribution in [2.45, 2.75) is 29.6 Å². The van der Waals surface area contributed by atoms with Crippen molar-refractivity contribution in [3.8, 4) is 17.0 Å². The summed E-state index contributed by atoms with van der Waals surface area (Å²) < 4.78 is 6.21. The molecule has 0 aliphatic heterocycles. The minimum Gasteiger partial charge on any atom is -0.492 e. The van der Waals surface area contributed by atoms with E-state index in [-0.39, 0.29) is 6.61 Å². The van der Waals surface area contributed by atoms with E-state index in [1.807, 2.05) is 61.5 Å². The molecule has 0 saturated carbocycles. The summed E-state index contributed by atoms with van der Waals surface area (Å²) in [6, 6.07) is 17.9. The fraction of sp³-hybridized carbons (Fsp3) is 0.174. The second-order valence-electron chi connectivity index (χ2n) is 6.90. The smallest absolute Gasteiger partial charge is 0.349 e. The number of H-pyrrole nitrogens is 1. The second kappa shape index (κ2) is 9.09. The molecule has 0 amide bonds. The standard InChI is InChI=1S/C23H21N3O4S/c1-2-3-13-30-23(29)19-21(27)25-20-18(14-24-26(20)22(19)28)15-9-11-17(12-10-15)31-16-7-5-4-6-8-16/h4-12,14,28H,2-3,13H2,1H3,(H,25,27).